The number of nitrogens with one attached hydrogen (secondary N) is 2. The van der Waals surface area contributed by atoms with Crippen molar-refractivity contribution in [2.24, 2.45) is 16.7 Å². The van der Waals surface area contributed by atoms with Gasteiger partial charge in [0, 0.05) is 31.2 Å². The number of nitrogens with zero attached hydrogens (tertiary/aromatic N) is 1. The lowest BCUT2D eigenvalue weighted by Gasteiger charge is -2.34. The second-order valence-corrected chi connectivity index (χ2v) is 14.6. The van der Waals surface area contributed by atoms with Crippen molar-refractivity contribution in [1.29, 1.82) is 0 Å². The standard InChI is InChI=1S/C36H53N3O7/c1-12-23(2)29(39(11)31(42)24-16-14-13-15-17-24)30(41)37-22-36(9,10)38-21-26(40)25-18-19-27(45-32(43)34(3,4)5)28(20-25)46-33(44)35(6,7)8/h13-20,23,26,29,38,40H,12,21-22H2,1-11H3,(H,37,41). The molecule has 10 heteroatoms. The number of carbonyl (C=O) groups excluding carboxylic acids is 4. The molecule has 0 spiro atoms. The van der Waals surface area contributed by atoms with Crippen LogP contribution in [-0.2, 0) is 14.4 Å². The third-order valence-electron chi connectivity index (χ3n) is 7.67. The third kappa shape index (κ3) is 10.9. The van der Waals surface area contributed by atoms with Crippen LogP contribution < -0.4 is 20.1 Å². The predicted octanol–water partition coefficient (Wildman–Crippen LogP) is 5.29. The van der Waals surface area contributed by atoms with Crippen molar-refractivity contribution >= 4 is 23.8 Å². The SMILES string of the molecule is CCC(C)C(C(=O)NCC(C)(C)NCC(O)c1ccc(OC(=O)C(C)(C)C)c(OC(=O)C(C)(C)C)c1)N(C)C(=O)c1ccccc1. The maximum atomic E-state index is 13.4. The van der Waals surface area contributed by atoms with Gasteiger partial charge >= 0.3 is 11.9 Å². The van der Waals surface area contributed by atoms with E-state index in [0.29, 0.717) is 17.5 Å². The molecule has 254 valence electrons. The minimum absolute atomic E-state index is 0.0332. The zero-order valence-corrected chi connectivity index (χ0v) is 29.3. The third-order valence-corrected chi connectivity index (χ3v) is 7.67. The average molecular weight is 640 g/mol. The summed E-state index contributed by atoms with van der Waals surface area (Å²) in [6.45, 7) is 18.3. The Hall–Kier alpha value is -3.76. The van der Waals surface area contributed by atoms with Crippen LogP contribution in [0.2, 0.25) is 0 Å². The zero-order valence-electron chi connectivity index (χ0n) is 29.3. The highest BCUT2D eigenvalue weighted by molar-refractivity contribution is 5.97. The van der Waals surface area contributed by atoms with Crippen molar-refractivity contribution in [1.82, 2.24) is 15.5 Å². The maximum absolute atomic E-state index is 13.4. The van der Waals surface area contributed by atoms with Gasteiger partial charge in [-0.2, -0.15) is 0 Å². The Kier molecular flexibility index (Phi) is 13.1. The first kappa shape index (κ1) is 38.4. The second-order valence-electron chi connectivity index (χ2n) is 14.6. The number of rotatable bonds is 13. The number of aliphatic hydroxyl groups excluding tert-OH is 1. The molecule has 46 heavy (non-hydrogen) atoms. The molecule has 3 N–H and O–H groups in total. The van der Waals surface area contributed by atoms with Gasteiger partial charge in [0.15, 0.2) is 11.5 Å². The summed E-state index contributed by atoms with van der Waals surface area (Å²) < 4.78 is 11.2. The molecular formula is C36H53N3O7. The number of β-amino-alcohol motifs (C(OH)–C–C–N with tert-alkyl or cyclic N) is 1. The molecular weight excluding hydrogens is 586 g/mol. The first-order valence-electron chi connectivity index (χ1n) is 15.8. The molecule has 3 unspecified atom stereocenters. The number of hydrogen-bond donors (Lipinski definition) is 3. The first-order chi connectivity index (χ1) is 21.2. The van der Waals surface area contributed by atoms with Gasteiger partial charge < -0.3 is 30.1 Å². The lowest BCUT2D eigenvalue weighted by Crippen LogP contribution is -2.56. The molecule has 0 saturated carbocycles. The number of esters is 2. The maximum Gasteiger partial charge on any atom is 0.316 e. The summed E-state index contributed by atoms with van der Waals surface area (Å²) in [7, 11) is 1.65. The zero-order chi connectivity index (χ0) is 35.0. The van der Waals surface area contributed by atoms with E-state index in [2.05, 4.69) is 10.6 Å². The molecule has 0 aliphatic rings. The van der Waals surface area contributed by atoms with Crippen LogP contribution in [0.4, 0.5) is 0 Å². The number of aliphatic hydroxyl groups is 1. The van der Waals surface area contributed by atoms with E-state index in [1.165, 1.54) is 17.0 Å². The van der Waals surface area contributed by atoms with E-state index in [-0.39, 0.29) is 42.3 Å². The van der Waals surface area contributed by atoms with Crippen molar-refractivity contribution in [3.63, 3.8) is 0 Å². The molecule has 10 nitrogen and oxygen atoms in total. The fourth-order valence-electron chi connectivity index (χ4n) is 4.32. The quantitative estimate of drug-likeness (QED) is 0.199. The Balaban J connectivity index is 2.14. The summed E-state index contributed by atoms with van der Waals surface area (Å²) in [5.74, 6) is -1.47. The van der Waals surface area contributed by atoms with E-state index in [0.717, 1.165) is 0 Å². The Bertz CT molecular complexity index is 1360. The van der Waals surface area contributed by atoms with Crippen LogP contribution in [0.25, 0.3) is 0 Å². The van der Waals surface area contributed by atoms with Crippen LogP contribution >= 0.6 is 0 Å². The van der Waals surface area contributed by atoms with Crippen molar-refractivity contribution in [3.05, 3.63) is 59.7 Å². The minimum Gasteiger partial charge on any atom is -0.422 e. The molecule has 0 heterocycles. The molecule has 3 atom stereocenters. The largest absolute Gasteiger partial charge is 0.422 e. The highest BCUT2D eigenvalue weighted by Crippen LogP contribution is 2.34. The fourth-order valence-corrected chi connectivity index (χ4v) is 4.32. The van der Waals surface area contributed by atoms with Crippen LogP contribution in [0.5, 0.6) is 11.5 Å². The fraction of sp³-hybridized carbons (Fsp3) is 0.556. The molecule has 0 saturated heterocycles. The van der Waals surface area contributed by atoms with Gasteiger partial charge in [-0.3, -0.25) is 19.2 Å². The van der Waals surface area contributed by atoms with E-state index >= 15 is 0 Å². The molecule has 0 fully saturated rings. The highest BCUT2D eigenvalue weighted by atomic mass is 16.6. The number of likely N-dealkylation sites (N-methyl/N-ethyl adjacent to an activating group) is 1. The average Bonchev–Trinajstić information content (AvgIpc) is 2.98. The van der Waals surface area contributed by atoms with E-state index in [1.54, 1.807) is 78.9 Å². The summed E-state index contributed by atoms with van der Waals surface area (Å²) in [6, 6.07) is 12.8. The monoisotopic (exact) mass is 639 g/mol. The predicted molar refractivity (Wildman–Crippen MR) is 178 cm³/mol. The van der Waals surface area contributed by atoms with E-state index in [4.69, 9.17) is 9.47 Å². The van der Waals surface area contributed by atoms with Gasteiger partial charge in [-0.05, 0) is 91.1 Å². The summed E-state index contributed by atoms with van der Waals surface area (Å²) in [5.41, 5.74) is -1.28. The van der Waals surface area contributed by atoms with Gasteiger partial charge in [-0.1, -0.05) is 44.5 Å². The number of amides is 2. The van der Waals surface area contributed by atoms with Crippen molar-refractivity contribution in [2.75, 3.05) is 20.1 Å². The van der Waals surface area contributed by atoms with Gasteiger partial charge in [0.25, 0.3) is 5.91 Å². The van der Waals surface area contributed by atoms with E-state index < -0.39 is 40.5 Å². The van der Waals surface area contributed by atoms with Gasteiger partial charge in [-0.15, -0.1) is 0 Å². The molecule has 2 amide bonds. The molecule has 2 aromatic rings. The van der Waals surface area contributed by atoms with Crippen LogP contribution in [-0.4, -0.2) is 65.5 Å². The van der Waals surface area contributed by atoms with E-state index in [9.17, 15) is 24.3 Å². The van der Waals surface area contributed by atoms with Gasteiger partial charge in [0.05, 0.1) is 16.9 Å². The summed E-state index contributed by atoms with van der Waals surface area (Å²) in [6.07, 6.45) is -0.309. The molecule has 2 aromatic carbocycles. The summed E-state index contributed by atoms with van der Waals surface area (Å²) >= 11 is 0. The molecule has 2 rings (SSSR count). The Labute approximate surface area is 274 Å². The molecule has 0 radical (unpaired) electrons. The number of hydrogen-bond acceptors (Lipinski definition) is 8. The number of ether oxygens (including phenoxy) is 2. The molecule has 0 bridgehead atoms. The van der Waals surface area contributed by atoms with Crippen LogP contribution in [0.3, 0.4) is 0 Å². The Morgan fingerprint density at radius 1 is 0.848 bits per heavy atom. The normalized spacial score (nSPS) is 14.1. The lowest BCUT2D eigenvalue weighted by molar-refractivity contribution is -0.145. The minimum atomic E-state index is -1.02. The Morgan fingerprint density at radius 2 is 1.39 bits per heavy atom. The lowest BCUT2D eigenvalue weighted by atomic mass is 9.95. The van der Waals surface area contributed by atoms with Crippen LogP contribution in [0, 0.1) is 16.7 Å². The topological polar surface area (TPSA) is 134 Å². The van der Waals surface area contributed by atoms with Gasteiger partial charge in [0.1, 0.15) is 6.04 Å². The van der Waals surface area contributed by atoms with Crippen molar-refractivity contribution < 1.29 is 33.8 Å². The summed E-state index contributed by atoms with van der Waals surface area (Å²) in [5, 5.41) is 17.3. The second kappa shape index (κ2) is 15.7. The van der Waals surface area contributed by atoms with Gasteiger partial charge in [0.2, 0.25) is 5.91 Å². The molecule has 0 aromatic heterocycles. The molecule has 0 aliphatic heterocycles. The molecule has 0 aliphatic carbocycles. The van der Waals surface area contributed by atoms with Gasteiger partial charge in [-0.25, -0.2) is 0 Å². The van der Waals surface area contributed by atoms with Crippen LogP contribution in [0.1, 0.15) is 97.7 Å². The highest BCUT2D eigenvalue weighted by Gasteiger charge is 2.33. The van der Waals surface area contributed by atoms with E-state index in [1.807, 2.05) is 33.8 Å². The first-order valence-corrected chi connectivity index (χ1v) is 15.8. The smallest absolute Gasteiger partial charge is 0.316 e. The summed E-state index contributed by atoms with van der Waals surface area (Å²) in [4.78, 5) is 53.3. The Morgan fingerprint density at radius 3 is 1.91 bits per heavy atom. The number of benzene rings is 2. The van der Waals surface area contributed by atoms with Crippen molar-refractivity contribution in [2.45, 2.75) is 93.3 Å². The number of carbonyl (C=O) groups is 4. The van der Waals surface area contributed by atoms with Crippen LogP contribution in [0.15, 0.2) is 48.5 Å². The van der Waals surface area contributed by atoms with Crippen molar-refractivity contribution in [3.8, 4) is 11.5 Å².